The fraction of sp³-hybridized carbons (Fsp3) is 1.00. The van der Waals surface area contributed by atoms with Crippen LogP contribution in [0.25, 0.3) is 0 Å². The van der Waals surface area contributed by atoms with Crippen LogP contribution in [0.15, 0.2) is 0 Å². The molecule has 1 nitrogen and oxygen atoms in total. The average molecular weight is 154 g/mol. The Morgan fingerprint density at radius 2 is 1.82 bits per heavy atom. The molecule has 0 aromatic heterocycles. The molecular weight excluding hydrogens is 134 g/mol. The third-order valence-corrected chi connectivity index (χ3v) is 3.15. The lowest BCUT2D eigenvalue weighted by molar-refractivity contribution is 0.116. The van der Waals surface area contributed by atoms with Crippen molar-refractivity contribution >= 4 is 0 Å². The molecule has 0 aliphatic carbocycles. The van der Waals surface area contributed by atoms with E-state index >= 15 is 0 Å². The summed E-state index contributed by atoms with van der Waals surface area (Å²) < 4.78 is 0. The van der Waals surface area contributed by atoms with Gasteiger partial charge in [-0.05, 0) is 25.2 Å². The van der Waals surface area contributed by atoms with Gasteiger partial charge in [0.2, 0.25) is 0 Å². The quantitative estimate of drug-likeness (QED) is 0.509. The maximum atomic E-state index is 4.73. The lowest BCUT2D eigenvalue weighted by atomic mass is 9.70. The Balaban J connectivity index is 2.64. The number of piperidine rings is 1. The molecule has 1 aliphatic heterocycles. The van der Waals surface area contributed by atoms with Crippen LogP contribution in [-0.4, -0.2) is 12.1 Å². The van der Waals surface area contributed by atoms with Crippen LogP contribution in [0.2, 0.25) is 0 Å². The number of hydrogen-bond donors (Lipinski definition) is 0. The summed E-state index contributed by atoms with van der Waals surface area (Å²) in [5, 5.41) is 4.73. The summed E-state index contributed by atoms with van der Waals surface area (Å²) in [5.74, 6) is 0. The Morgan fingerprint density at radius 3 is 2.09 bits per heavy atom. The summed E-state index contributed by atoms with van der Waals surface area (Å²) in [7, 11) is 0. The molecule has 1 saturated heterocycles. The van der Waals surface area contributed by atoms with E-state index in [9.17, 15) is 0 Å². The topological polar surface area (TPSA) is 14.1 Å². The molecule has 0 aromatic rings. The van der Waals surface area contributed by atoms with E-state index in [0.29, 0.717) is 5.41 Å². The fourth-order valence-electron chi connectivity index (χ4n) is 1.60. The third-order valence-electron chi connectivity index (χ3n) is 3.15. The Hall–Kier alpha value is -0.0400. The molecule has 1 aliphatic rings. The minimum atomic E-state index is 0.241. The van der Waals surface area contributed by atoms with Gasteiger partial charge in [0.1, 0.15) is 0 Å². The standard InChI is InChI=1S/C10H20N/c1-9(2,3)10(4)7-5-6-8-11-10/h5-8H2,1-4H3. The molecule has 0 amide bonds. The van der Waals surface area contributed by atoms with Gasteiger partial charge in [0, 0.05) is 12.1 Å². The van der Waals surface area contributed by atoms with E-state index in [1.165, 1.54) is 19.3 Å². The minimum absolute atomic E-state index is 0.241. The van der Waals surface area contributed by atoms with Gasteiger partial charge >= 0.3 is 0 Å². The van der Waals surface area contributed by atoms with Gasteiger partial charge in [-0.2, -0.15) is 0 Å². The zero-order chi connectivity index (χ0) is 8.54. The third kappa shape index (κ3) is 1.76. The molecule has 65 valence electrons. The molecule has 0 saturated carbocycles. The predicted octanol–water partition coefficient (Wildman–Crippen LogP) is 2.58. The van der Waals surface area contributed by atoms with Crippen molar-refractivity contribution in [3.8, 4) is 0 Å². The molecular formula is C10H20N. The van der Waals surface area contributed by atoms with E-state index in [-0.39, 0.29) is 5.54 Å². The Kier molecular flexibility index (Phi) is 2.29. The van der Waals surface area contributed by atoms with Crippen molar-refractivity contribution in [3.63, 3.8) is 0 Å². The SMILES string of the molecule is CC(C)(C)C1(C)CCCC[N]1. The molecule has 1 rings (SSSR count). The summed E-state index contributed by atoms with van der Waals surface area (Å²) in [6.07, 6.45) is 3.93. The first kappa shape index (κ1) is 9.05. The normalized spacial score (nSPS) is 33.8. The zero-order valence-electron chi connectivity index (χ0n) is 8.28. The second-order valence-corrected chi connectivity index (χ2v) is 4.86. The van der Waals surface area contributed by atoms with Crippen LogP contribution in [0.5, 0.6) is 0 Å². The van der Waals surface area contributed by atoms with E-state index in [4.69, 9.17) is 5.32 Å². The molecule has 0 bridgehead atoms. The van der Waals surface area contributed by atoms with E-state index in [0.717, 1.165) is 6.54 Å². The lowest BCUT2D eigenvalue weighted by Gasteiger charge is -2.44. The number of hydrogen-bond acceptors (Lipinski definition) is 0. The Bertz CT molecular complexity index is 126. The van der Waals surface area contributed by atoms with Crippen molar-refractivity contribution < 1.29 is 0 Å². The van der Waals surface area contributed by atoms with Crippen molar-refractivity contribution in [2.24, 2.45) is 5.41 Å². The van der Waals surface area contributed by atoms with Gasteiger partial charge in [0.15, 0.2) is 0 Å². The largest absolute Gasteiger partial charge is 0.235 e. The van der Waals surface area contributed by atoms with E-state index in [2.05, 4.69) is 27.7 Å². The first-order valence-electron chi connectivity index (χ1n) is 4.64. The zero-order valence-corrected chi connectivity index (χ0v) is 8.28. The maximum Gasteiger partial charge on any atom is 0.0376 e. The van der Waals surface area contributed by atoms with Crippen LogP contribution in [0, 0.1) is 5.41 Å². The van der Waals surface area contributed by atoms with Crippen LogP contribution >= 0.6 is 0 Å². The Labute approximate surface area is 70.6 Å². The fourth-order valence-corrected chi connectivity index (χ4v) is 1.60. The van der Waals surface area contributed by atoms with Crippen molar-refractivity contribution in [2.75, 3.05) is 6.54 Å². The molecule has 1 unspecified atom stereocenters. The molecule has 1 heterocycles. The summed E-state index contributed by atoms with van der Waals surface area (Å²) in [6.45, 7) is 10.3. The van der Waals surface area contributed by atoms with Gasteiger partial charge in [-0.3, -0.25) is 0 Å². The summed E-state index contributed by atoms with van der Waals surface area (Å²) in [4.78, 5) is 0. The van der Waals surface area contributed by atoms with E-state index in [1.54, 1.807) is 0 Å². The average Bonchev–Trinajstić information content (AvgIpc) is 1.87. The van der Waals surface area contributed by atoms with Gasteiger partial charge in [-0.25, -0.2) is 5.32 Å². The maximum absolute atomic E-state index is 4.73. The molecule has 1 radical (unpaired) electrons. The number of nitrogens with zero attached hydrogens (tertiary/aromatic N) is 1. The van der Waals surface area contributed by atoms with Crippen LogP contribution in [0.4, 0.5) is 0 Å². The molecule has 1 fully saturated rings. The summed E-state index contributed by atoms with van der Waals surface area (Å²) in [6, 6.07) is 0. The first-order chi connectivity index (χ1) is 4.96. The number of rotatable bonds is 0. The van der Waals surface area contributed by atoms with Gasteiger partial charge in [-0.1, -0.05) is 27.2 Å². The molecule has 1 atom stereocenters. The van der Waals surface area contributed by atoms with Crippen molar-refractivity contribution in [1.82, 2.24) is 5.32 Å². The van der Waals surface area contributed by atoms with Gasteiger partial charge in [-0.15, -0.1) is 0 Å². The minimum Gasteiger partial charge on any atom is -0.235 e. The summed E-state index contributed by atoms with van der Waals surface area (Å²) >= 11 is 0. The molecule has 1 heteroatoms. The van der Waals surface area contributed by atoms with Crippen molar-refractivity contribution in [3.05, 3.63) is 0 Å². The van der Waals surface area contributed by atoms with Crippen LogP contribution in [0.1, 0.15) is 47.0 Å². The second kappa shape index (κ2) is 2.78. The van der Waals surface area contributed by atoms with Crippen LogP contribution in [0.3, 0.4) is 0 Å². The highest BCUT2D eigenvalue weighted by Crippen LogP contribution is 2.37. The highest BCUT2D eigenvalue weighted by molar-refractivity contribution is 4.95. The molecule has 0 N–H and O–H groups in total. The highest BCUT2D eigenvalue weighted by atomic mass is 15.0. The highest BCUT2D eigenvalue weighted by Gasteiger charge is 2.38. The van der Waals surface area contributed by atoms with Crippen molar-refractivity contribution in [2.45, 2.75) is 52.5 Å². The molecule has 11 heavy (non-hydrogen) atoms. The monoisotopic (exact) mass is 154 g/mol. The van der Waals surface area contributed by atoms with Gasteiger partial charge in [0.25, 0.3) is 0 Å². The first-order valence-corrected chi connectivity index (χ1v) is 4.64. The van der Waals surface area contributed by atoms with Gasteiger partial charge in [0.05, 0.1) is 0 Å². The van der Waals surface area contributed by atoms with Crippen LogP contribution in [-0.2, 0) is 0 Å². The second-order valence-electron chi connectivity index (χ2n) is 4.86. The lowest BCUT2D eigenvalue weighted by Crippen LogP contribution is -2.50. The van der Waals surface area contributed by atoms with Crippen LogP contribution < -0.4 is 5.32 Å². The Morgan fingerprint density at radius 1 is 1.18 bits per heavy atom. The molecule has 0 spiro atoms. The van der Waals surface area contributed by atoms with Gasteiger partial charge < -0.3 is 0 Å². The van der Waals surface area contributed by atoms with Crippen molar-refractivity contribution in [1.29, 1.82) is 0 Å². The predicted molar refractivity (Wildman–Crippen MR) is 48.7 cm³/mol. The van der Waals surface area contributed by atoms with E-state index in [1.807, 2.05) is 0 Å². The van der Waals surface area contributed by atoms with E-state index < -0.39 is 0 Å². The molecule has 0 aromatic carbocycles. The summed E-state index contributed by atoms with van der Waals surface area (Å²) in [5.41, 5.74) is 0.582. The smallest absolute Gasteiger partial charge is 0.0376 e.